The molecule has 5 heterocycles. The molecule has 10 heteroatoms. The minimum atomic E-state index is -4.32. The molecule has 0 fully saturated rings. The van der Waals surface area contributed by atoms with Gasteiger partial charge in [-0.2, -0.15) is 8.42 Å². The van der Waals surface area contributed by atoms with Crippen LogP contribution in [-0.2, 0) is 38.2 Å². The maximum Gasteiger partial charge on any atom is 0.303 e. The Balaban J connectivity index is 1.35. The number of aliphatic carboxylic acids is 1. The molecule has 4 aliphatic rings. The van der Waals surface area contributed by atoms with Crippen LogP contribution in [0.15, 0.2) is 64.7 Å². The average molecular weight is 591 g/mol. The van der Waals surface area contributed by atoms with Crippen molar-refractivity contribution in [3.05, 3.63) is 71.2 Å². The lowest BCUT2D eigenvalue weighted by Gasteiger charge is -2.42. The van der Waals surface area contributed by atoms with E-state index in [9.17, 15) is 17.8 Å². The Morgan fingerprint density at radius 2 is 1.90 bits per heavy atom. The molecule has 42 heavy (non-hydrogen) atoms. The van der Waals surface area contributed by atoms with Gasteiger partial charge in [0.2, 0.25) is 0 Å². The summed E-state index contributed by atoms with van der Waals surface area (Å²) in [4.78, 5) is 13.2. The zero-order valence-electron chi connectivity index (χ0n) is 23.9. The fourth-order valence-electron chi connectivity index (χ4n) is 7.60. The molecule has 9 nitrogen and oxygen atoms in total. The van der Waals surface area contributed by atoms with Gasteiger partial charge in [0.05, 0.1) is 35.8 Å². The van der Waals surface area contributed by atoms with Gasteiger partial charge in [-0.1, -0.05) is 26.0 Å². The van der Waals surface area contributed by atoms with E-state index in [0.717, 1.165) is 79.2 Å². The number of anilines is 1. The zero-order chi connectivity index (χ0) is 29.4. The molecule has 0 saturated heterocycles. The molecule has 2 aromatic carbocycles. The molecule has 0 spiro atoms. The molecule has 2 atom stereocenters. The number of nitrogens with zero attached hydrogens (tertiary/aromatic N) is 3. The summed E-state index contributed by atoms with van der Waals surface area (Å²) in [6, 6.07) is 13.4. The summed E-state index contributed by atoms with van der Waals surface area (Å²) in [6.07, 6.45) is 6.60. The largest absolute Gasteiger partial charge is 0.481 e. The number of para-hydroxylation sites is 2. The average Bonchev–Trinajstić information content (AvgIpc) is 3.40. The number of aryl methyl sites for hydroxylation is 2. The number of rotatable bonds is 7. The molecule has 2 N–H and O–H groups in total. The second-order valence-electron chi connectivity index (χ2n) is 12.3. The van der Waals surface area contributed by atoms with Crippen LogP contribution < -0.4 is 9.47 Å². The van der Waals surface area contributed by atoms with Gasteiger partial charge in [0.1, 0.15) is 0 Å². The number of carbonyl (C=O) groups is 1. The van der Waals surface area contributed by atoms with E-state index >= 15 is 0 Å². The smallest absolute Gasteiger partial charge is 0.303 e. The summed E-state index contributed by atoms with van der Waals surface area (Å²) in [5.41, 5.74) is 7.15. The van der Waals surface area contributed by atoms with Crippen molar-refractivity contribution in [3.8, 4) is 0 Å². The van der Waals surface area contributed by atoms with E-state index in [2.05, 4.69) is 58.2 Å². The van der Waals surface area contributed by atoms with Crippen LogP contribution in [0, 0.1) is 0 Å². The first-order valence-corrected chi connectivity index (χ1v) is 16.2. The number of ether oxygens (including phenoxy) is 1. The number of benzene rings is 2. The number of imidazole rings is 1. The summed E-state index contributed by atoms with van der Waals surface area (Å²) in [5.74, 6) is 0.398. The van der Waals surface area contributed by atoms with Gasteiger partial charge in [-0.05, 0) is 67.7 Å². The molecular formula is C32H36N3O6S+. The summed E-state index contributed by atoms with van der Waals surface area (Å²) in [5, 5.41) is 9.05. The zero-order valence-corrected chi connectivity index (χ0v) is 24.7. The molecule has 220 valence electrons. The Labute approximate surface area is 245 Å². The van der Waals surface area contributed by atoms with Crippen LogP contribution in [0.3, 0.4) is 0 Å². The van der Waals surface area contributed by atoms with Crippen molar-refractivity contribution < 1.29 is 32.2 Å². The molecule has 0 aliphatic carbocycles. The van der Waals surface area contributed by atoms with E-state index in [0.29, 0.717) is 6.42 Å². The first kappa shape index (κ1) is 27.4. The first-order chi connectivity index (χ1) is 20.1. The molecule has 0 saturated carbocycles. The second kappa shape index (κ2) is 9.79. The van der Waals surface area contributed by atoms with Gasteiger partial charge in [-0.15, -0.1) is 0 Å². The highest BCUT2D eigenvalue weighted by atomic mass is 32.2. The maximum atomic E-state index is 12.0. The Bertz CT molecular complexity index is 1800. The Morgan fingerprint density at radius 3 is 2.69 bits per heavy atom. The maximum absolute atomic E-state index is 12.0. The third-order valence-corrected chi connectivity index (χ3v) is 10.3. The Kier molecular flexibility index (Phi) is 6.38. The van der Waals surface area contributed by atoms with Crippen LogP contribution in [0.4, 0.5) is 5.69 Å². The number of allylic oxidation sites excluding steroid dienone is 1. The van der Waals surface area contributed by atoms with E-state index in [1.807, 2.05) is 6.07 Å². The molecule has 0 radical (unpaired) electrons. The quantitative estimate of drug-likeness (QED) is 0.230. The van der Waals surface area contributed by atoms with Gasteiger partial charge >= 0.3 is 5.97 Å². The lowest BCUT2D eigenvalue weighted by Crippen LogP contribution is -2.49. The van der Waals surface area contributed by atoms with Crippen LogP contribution in [0.1, 0.15) is 63.8 Å². The molecule has 3 aromatic rings. The number of hydrogen-bond acceptors (Lipinski definition) is 5. The first-order valence-electron chi connectivity index (χ1n) is 14.8. The van der Waals surface area contributed by atoms with E-state index < -0.39 is 21.5 Å². The topological polar surface area (TPSA) is 113 Å². The third-order valence-electron chi connectivity index (χ3n) is 9.43. The molecule has 1 aromatic heterocycles. The van der Waals surface area contributed by atoms with Crippen molar-refractivity contribution in [1.82, 2.24) is 4.57 Å². The predicted octanol–water partition coefficient (Wildman–Crippen LogP) is 4.83. The van der Waals surface area contributed by atoms with Crippen molar-refractivity contribution in [2.75, 3.05) is 11.4 Å². The van der Waals surface area contributed by atoms with Crippen LogP contribution in [-0.4, -0.2) is 47.4 Å². The monoisotopic (exact) mass is 590 g/mol. The predicted molar refractivity (Wildman–Crippen MR) is 158 cm³/mol. The molecule has 2 unspecified atom stereocenters. The molecule has 0 bridgehead atoms. The number of fused-ring (bicyclic) bond motifs is 9. The summed E-state index contributed by atoms with van der Waals surface area (Å²) in [7, 11) is -4.32. The number of hydrogen-bond donors (Lipinski definition) is 2. The fourth-order valence-corrected chi connectivity index (χ4v) is 8.10. The van der Waals surface area contributed by atoms with Gasteiger partial charge in [0, 0.05) is 41.8 Å². The minimum absolute atomic E-state index is 0.0148. The molecular weight excluding hydrogens is 554 g/mol. The Morgan fingerprint density at radius 1 is 1.10 bits per heavy atom. The SMILES string of the molecule is CC1(C)C2=C3C=C4c5n(CCCCCC(=O)O)c6ccccc6[n+]5CCC4OC3CCN2c2ccc(S(=O)(=O)O)cc21. The van der Waals surface area contributed by atoms with Gasteiger partial charge in [0.15, 0.2) is 11.0 Å². The lowest BCUT2D eigenvalue weighted by molar-refractivity contribution is -0.679. The van der Waals surface area contributed by atoms with Crippen molar-refractivity contribution in [2.24, 2.45) is 0 Å². The highest BCUT2D eigenvalue weighted by Crippen LogP contribution is 2.53. The molecule has 7 rings (SSSR count). The van der Waals surface area contributed by atoms with E-state index in [1.54, 1.807) is 6.07 Å². The fraction of sp³-hybridized carbons (Fsp3) is 0.438. The van der Waals surface area contributed by atoms with E-state index in [1.165, 1.54) is 17.1 Å². The van der Waals surface area contributed by atoms with Gasteiger partial charge in [-0.25, -0.2) is 9.13 Å². The van der Waals surface area contributed by atoms with Crippen molar-refractivity contribution in [2.45, 2.75) is 88.0 Å². The Hall–Kier alpha value is -3.47. The summed E-state index contributed by atoms with van der Waals surface area (Å²) >= 11 is 0. The number of carboxylic acid groups (broad SMARTS) is 1. The van der Waals surface area contributed by atoms with Crippen molar-refractivity contribution >= 4 is 38.4 Å². The van der Waals surface area contributed by atoms with Crippen LogP contribution in [0.2, 0.25) is 0 Å². The minimum Gasteiger partial charge on any atom is -0.481 e. The van der Waals surface area contributed by atoms with E-state index in [4.69, 9.17) is 9.84 Å². The normalized spacial score (nSPS) is 22.3. The third kappa shape index (κ3) is 4.22. The standard InChI is InChI=1S/C32H35N3O6S/c1-32(2)23-18-20(42(38,39)40)11-12-24(23)33-16-13-27-21(30(32)33)19-22-28(41-27)14-17-35-26-9-6-5-8-25(26)34(31(22)35)15-7-3-4-10-29(36)37/h5-6,8-9,11-12,18-19,27-28H,3-4,7,10,13-17H2,1-2H3,(H-,36,37,38,39,40)/p+1. The highest BCUT2D eigenvalue weighted by molar-refractivity contribution is 7.85. The molecule has 4 aliphatic heterocycles. The number of carboxylic acids is 1. The summed E-state index contributed by atoms with van der Waals surface area (Å²) in [6.45, 7) is 6.67. The number of unbranched alkanes of at least 4 members (excludes halogenated alkanes) is 2. The number of aromatic nitrogens is 2. The van der Waals surface area contributed by atoms with Crippen LogP contribution in [0.25, 0.3) is 16.6 Å². The van der Waals surface area contributed by atoms with Gasteiger partial charge in [-0.3, -0.25) is 9.35 Å². The molecule has 0 amide bonds. The van der Waals surface area contributed by atoms with Crippen LogP contribution in [0.5, 0.6) is 0 Å². The van der Waals surface area contributed by atoms with E-state index in [-0.39, 0.29) is 23.5 Å². The second-order valence-corrected chi connectivity index (χ2v) is 13.8. The van der Waals surface area contributed by atoms with Crippen molar-refractivity contribution in [1.29, 1.82) is 0 Å². The highest BCUT2D eigenvalue weighted by Gasteiger charge is 2.49. The van der Waals surface area contributed by atoms with Gasteiger partial charge in [0.25, 0.3) is 15.9 Å². The van der Waals surface area contributed by atoms with Crippen LogP contribution >= 0.6 is 0 Å². The summed E-state index contributed by atoms with van der Waals surface area (Å²) < 4.78 is 45.4. The van der Waals surface area contributed by atoms with Gasteiger partial charge < -0.3 is 14.7 Å². The van der Waals surface area contributed by atoms with Crippen molar-refractivity contribution in [3.63, 3.8) is 0 Å². The lowest BCUT2D eigenvalue weighted by atomic mass is 9.78.